The summed E-state index contributed by atoms with van der Waals surface area (Å²) in [5, 5.41) is 1.96. The Morgan fingerprint density at radius 1 is 1.18 bits per heavy atom. The Morgan fingerprint density at radius 2 is 1.91 bits per heavy atom. The zero-order chi connectivity index (χ0) is 15.4. The van der Waals surface area contributed by atoms with Crippen LogP contribution in [0, 0.1) is 0 Å². The third-order valence-corrected chi connectivity index (χ3v) is 4.40. The first-order valence-corrected chi connectivity index (χ1v) is 8.16. The molecule has 1 atom stereocenters. The summed E-state index contributed by atoms with van der Waals surface area (Å²) in [6, 6.07) is 10.7. The first-order valence-electron chi connectivity index (χ1n) is 8.16. The minimum absolute atomic E-state index is 0.225. The molecule has 0 aromatic heterocycles. The van der Waals surface area contributed by atoms with E-state index in [1.807, 2.05) is 11.1 Å². The van der Waals surface area contributed by atoms with Gasteiger partial charge in [-0.15, -0.1) is 0 Å². The van der Waals surface area contributed by atoms with Gasteiger partial charge in [0, 0.05) is 12.6 Å². The van der Waals surface area contributed by atoms with Crippen molar-refractivity contribution >= 4 is 0 Å². The van der Waals surface area contributed by atoms with E-state index in [-0.39, 0.29) is 6.04 Å². The molecule has 22 heavy (non-hydrogen) atoms. The Kier molecular flexibility index (Phi) is 4.85. The molecule has 2 N–H and O–H groups in total. The number of piperidine rings is 1. The molecule has 1 unspecified atom stereocenters. The van der Waals surface area contributed by atoms with Crippen LogP contribution in [0.5, 0.6) is 0 Å². The third-order valence-electron chi connectivity index (χ3n) is 4.40. The van der Waals surface area contributed by atoms with Crippen molar-refractivity contribution in [2.24, 2.45) is 5.73 Å². The van der Waals surface area contributed by atoms with E-state index in [0.29, 0.717) is 5.88 Å². The fourth-order valence-electron chi connectivity index (χ4n) is 3.17. The van der Waals surface area contributed by atoms with E-state index < -0.39 is 0 Å². The Labute approximate surface area is 132 Å². The summed E-state index contributed by atoms with van der Waals surface area (Å²) in [4.78, 5) is 7.70. The second-order valence-electron chi connectivity index (χ2n) is 6.20. The molecule has 120 valence electrons. The largest absolute Gasteiger partial charge is 0.557 e. The molecule has 1 fully saturated rings. The van der Waals surface area contributed by atoms with E-state index in [1.165, 1.54) is 24.8 Å². The molecule has 5 heteroatoms. The fraction of sp³-hybridized carbons (Fsp3) is 0.529. The van der Waals surface area contributed by atoms with Crippen molar-refractivity contribution < 1.29 is 4.84 Å². The molecule has 1 saturated heterocycles. The summed E-state index contributed by atoms with van der Waals surface area (Å²) >= 11 is 0. The van der Waals surface area contributed by atoms with Crippen LogP contribution in [0.4, 0.5) is 0 Å². The van der Waals surface area contributed by atoms with Crippen LogP contribution in [0.25, 0.3) is 5.59 Å². The maximum absolute atomic E-state index is 6.01. The van der Waals surface area contributed by atoms with Crippen LogP contribution in [-0.2, 0) is 11.3 Å². The molecule has 3 rings (SSSR count). The van der Waals surface area contributed by atoms with Gasteiger partial charge in [-0.05, 0) is 44.8 Å². The van der Waals surface area contributed by atoms with E-state index in [1.54, 1.807) is 0 Å². The number of hydrogen-bond acceptors (Lipinski definition) is 4. The van der Waals surface area contributed by atoms with Gasteiger partial charge in [-0.2, -0.15) is 0 Å². The monoisotopic (exact) mass is 301 g/mol. The van der Waals surface area contributed by atoms with Crippen molar-refractivity contribution in [2.75, 3.05) is 19.6 Å². The number of likely N-dealkylation sites (tertiary alicyclic amines) is 1. The van der Waals surface area contributed by atoms with E-state index in [0.717, 1.165) is 31.8 Å². The minimum atomic E-state index is 0.225. The summed E-state index contributed by atoms with van der Waals surface area (Å²) in [7, 11) is 0. The third kappa shape index (κ3) is 3.54. The second-order valence-corrected chi connectivity index (χ2v) is 6.20. The first kappa shape index (κ1) is 15.2. The Hall–Kier alpha value is -1.72. The van der Waals surface area contributed by atoms with Crippen LogP contribution >= 0.6 is 0 Å². The lowest BCUT2D eigenvalue weighted by atomic mass is 10.1. The summed E-state index contributed by atoms with van der Waals surface area (Å²) in [5.41, 5.74) is 12.5. The summed E-state index contributed by atoms with van der Waals surface area (Å²) in [6.07, 6.45) is 4.79. The second kappa shape index (κ2) is 7.03. The highest BCUT2D eigenvalue weighted by atomic mass is 16.7. The average Bonchev–Trinajstić information content (AvgIpc) is 2.90. The van der Waals surface area contributed by atoms with Gasteiger partial charge in [0.25, 0.3) is 0 Å². The maximum Gasteiger partial charge on any atom is 0.189 e. The number of nitrogens with zero attached hydrogens (tertiary/aromatic N) is 3. The topological polar surface area (TPSA) is 55.8 Å². The van der Waals surface area contributed by atoms with Crippen LogP contribution in [0.3, 0.4) is 0 Å². The lowest BCUT2D eigenvalue weighted by molar-refractivity contribution is 0.194. The highest BCUT2D eigenvalue weighted by Crippen LogP contribution is 2.28. The van der Waals surface area contributed by atoms with Crippen molar-refractivity contribution in [1.82, 2.24) is 9.91 Å². The van der Waals surface area contributed by atoms with E-state index in [4.69, 9.17) is 10.6 Å². The number of hydrogen-bond donors (Lipinski definition) is 1. The smallest absolute Gasteiger partial charge is 0.189 e. The fourth-order valence-corrected chi connectivity index (χ4v) is 3.17. The summed E-state index contributed by atoms with van der Waals surface area (Å²) in [6.45, 7) is 5.26. The van der Waals surface area contributed by atoms with Crippen LogP contribution in [0.1, 0.15) is 31.7 Å². The molecule has 2 aliphatic rings. The number of rotatable bonds is 5. The number of benzene rings is 1. The SMILES string of the molecule is CC(Cc1ccccc1)N1[N-]OC(N)=C1CN1CCCCC1. The molecule has 1 aromatic carbocycles. The molecular formula is C17H25N4O-. The molecule has 0 amide bonds. The van der Waals surface area contributed by atoms with Gasteiger partial charge in [-0.25, -0.2) is 0 Å². The first-order chi connectivity index (χ1) is 10.7. The van der Waals surface area contributed by atoms with Crippen LogP contribution < -0.4 is 5.73 Å². The molecule has 0 spiro atoms. The van der Waals surface area contributed by atoms with Gasteiger partial charge in [-0.3, -0.25) is 4.90 Å². The normalized spacial score (nSPS) is 21.0. The maximum atomic E-state index is 6.01. The van der Waals surface area contributed by atoms with Crippen molar-refractivity contribution in [3.63, 3.8) is 0 Å². The summed E-state index contributed by atoms with van der Waals surface area (Å²) < 4.78 is 0. The van der Waals surface area contributed by atoms with Gasteiger partial charge in [0.1, 0.15) is 0 Å². The lowest BCUT2D eigenvalue weighted by Gasteiger charge is -2.39. The highest BCUT2D eigenvalue weighted by molar-refractivity contribution is 5.20. The Balaban J connectivity index is 1.64. The van der Waals surface area contributed by atoms with Gasteiger partial charge in [-0.1, -0.05) is 36.8 Å². The van der Waals surface area contributed by atoms with E-state index >= 15 is 0 Å². The summed E-state index contributed by atoms with van der Waals surface area (Å²) in [5.74, 6) is 0.450. The molecule has 0 bridgehead atoms. The molecule has 0 radical (unpaired) electrons. The zero-order valence-corrected chi connectivity index (χ0v) is 13.2. The molecule has 2 heterocycles. The molecule has 1 aromatic rings. The van der Waals surface area contributed by atoms with Gasteiger partial charge in [0.2, 0.25) is 0 Å². The molecule has 0 aliphatic carbocycles. The predicted octanol–water partition coefficient (Wildman–Crippen LogP) is 2.77. The number of nitrogens with two attached hydrogens (primary N) is 1. The molecular weight excluding hydrogens is 276 g/mol. The average molecular weight is 301 g/mol. The van der Waals surface area contributed by atoms with Crippen LogP contribution in [0.2, 0.25) is 0 Å². The standard InChI is InChI=1S/C17H25N4O/c1-14(12-15-8-4-2-5-9-15)21-16(17(18)22-19-21)13-20-10-6-3-7-11-20/h2,4-5,8-9,14H,3,6-7,10-13,18H2,1H3/q-1. The van der Waals surface area contributed by atoms with Crippen molar-refractivity contribution in [2.45, 2.75) is 38.6 Å². The van der Waals surface area contributed by atoms with Crippen LogP contribution in [0.15, 0.2) is 41.9 Å². The molecule has 2 aliphatic heterocycles. The van der Waals surface area contributed by atoms with Crippen molar-refractivity contribution in [3.8, 4) is 0 Å². The lowest BCUT2D eigenvalue weighted by Crippen LogP contribution is -2.37. The van der Waals surface area contributed by atoms with Crippen molar-refractivity contribution in [3.05, 3.63) is 53.1 Å². The Morgan fingerprint density at radius 3 is 2.64 bits per heavy atom. The van der Waals surface area contributed by atoms with Gasteiger partial charge in [0.15, 0.2) is 5.88 Å². The van der Waals surface area contributed by atoms with Gasteiger partial charge < -0.3 is 21.2 Å². The predicted molar refractivity (Wildman–Crippen MR) is 87.4 cm³/mol. The highest BCUT2D eigenvalue weighted by Gasteiger charge is 2.22. The Bertz CT molecular complexity index is 511. The van der Waals surface area contributed by atoms with Crippen molar-refractivity contribution in [1.29, 1.82) is 0 Å². The quantitative estimate of drug-likeness (QED) is 0.908. The zero-order valence-electron chi connectivity index (χ0n) is 13.2. The van der Waals surface area contributed by atoms with Crippen LogP contribution in [-0.4, -0.2) is 35.6 Å². The molecule has 0 saturated carbocycles. The minimum Gasteiger partial charge on any atom is -0.557 e. The van der Waals surface area contributed by atoms with Gasteiger partial charge in [0.05, 0.1) is 5.70 Å². The van der Waals surface area contributed by atoms with Gasteiger partial charge >= 0.3 is 0 Å². The van der Waals surface area contributed by atoms with E-state index in [9.17, 15) is 0 Å². The van der Waals surface area contributed by atoms with E-state index in [2.05, 4.69) is 41.7 Å². The molecule has 5 nitrogen and oxygen atoms in total.